The van der Waals surface area contributed by atoms with Crippen molar-refractivity contribution in [3.8, 4) is 12.3 Å². The van der Waals surface area contributed by atoms with Gasteiger partial charge in [0, 0.05) is 6.04 Å². The number of carbonyl (C=O) groups is 1. The second kappa shape index (κ2) is 4.32. The molecule has 0 bridgehead atoms. The molecule has 1 aliphatic rings. The lowest BCUT2D eigenvalue weighted by atomic mass is 9.79. The molecule has 0 aromatic heterocycles. The van der Waals surface area contributed by atoms with Gasteiger partial charge in [-0.2, -0.15) is 0 Å². The number of terminal acetylenes is 1. The molecule has 1 fully saturated rings. The summed E-state index contributed by atoms with van der Waals surface area (Å²) in [5.74, 6) is 2.94. The van der Waals surface area contributed by atoms with Gasteiger partial charge in [-0.1, -0.05) is 20.3 Å². The number of hydrogen-bond donors (Lipinski definition) is 1. The Balaban J connectivity index is 2.54. The molecule has 2 atom stereocenters. The SMILES string of the molecule is C#CC(=O)NC1C(C)CCCC1C. The molecule has 13 heavy (non-hydrogen) atoms. The van der Waals surface area contributed by atoms with Crippen LogP contribution in [0.15, 0.2) is 0 Å². The second-order valence-electron chi connectivity index (χ2n) is 4.03. The van der Waals surface area contributed by atoms with Crippen LogP contribution in [0.25, 0.3) is 0 Å². The molecule has 0 radical (unpaired) electrons. The van der Waals surface area contributed by atoms with Crippen molar-refractivity contribution in [2.24, 2.45) is 11.8 Å². The molecule has 0 spiro atoms. The summed E-state index contributed by atoms with van der Waals surface area (Å²) >= 11 is 0. The quantitative estimate of drug-likeness (QED) is 0.608. The van der Waals surface area contributed by atoms with Gasteiger partial charge >= 0.3 is 0 Å². The summed E-state index contributed by atoms with van der Waals surface area (Å²) in [6.45, 7) is 4.36. The Morgan fingerprint density at radius 2 is 1.92 bits per heavy atom. The smallest absolute Gasteiger partial charge is 0.295 e. The van der Waals surface area contributed by atoms with Gasteiger partial charge in [-0.25, -0.2) is 0 Å². The fraction of sp³-hybridized carbons (Fsp3) is 0.727. The third kappa shape index (κ3) is 2.48. The third-order valence-corrected chi connectivity index (χ3v) is 2.97. The average molecular weight is 179 g/mol. The van der Waals surface area contributed by atoms with E-state index in [0.717, 1.165) is 0 Å². The van der Waals surface area contributed by atoms with Gasteiger partial charge in [-0.05, 0) is 30.6 Å². The summed E-state index contributed by atoms with van der Waals surface area (Å²) in [6, 6.07) is 0.275. The Morgan fingerprint density at radius 1 is 1.38 bits per heavy atom. The van der Waals surface area contributed by atoms with Crippen LogP contribution < -0.4 is 5.32 Å². The van der Waals surface area contributed by atoms with Crippen LogP contribution in [0.2, 0.25) is 0 Å². The maximum absolute atomic E-state index is 11.0. The number of carbonyl (C=O) groups excluding carboxylic acids is 1. The van der Waals surface area contributed by atoms with E-state index >= 15 is 0 Å². The molecule has 2 nitrogen and oxygen atoms in total. The summed E-state index contributed by atoms with van der Waals surface area (Å²) in [6.07, 6.45) is 8.68. The third-order valence-electron chi connectivity index (χ3n) is 2.97. The Bertz CT molecular complexity index is 219. The zero-order valence-corrected chi connectivity index (χ0v) is 8.34. The molecule has 0 heterocycles. The molecule has 1 rings (SSSR count). The highest BCUT2D eigenvalue weighted by molar-refractivity contribution is 5.93. The van der Waals surface area contributed by atoms with Gasteiger partial charge in [-0.3, -0.25) is 4.79 Å². The van der Waals surface area contributed by atoms with Crippen LogP contribution in [-0.2, 0) is 4.79 Å². The minimum absolute atomic E-state index is 0.273. The van der Waals surface area contributed by atoms with E-state index < -0.39 is 0 Å². The fourth-order valence-electron chi connectivity index (χ4n) is 2.16. The minimum atomic E-state index is -0.273. The molecule has 72 valence electrons. The second-order valence-corrected chi connectivity index (χ2v) is 4.03. The monoisotopic (exact) mass is 179 g/mol. The zero-order chi connectivity index (χ0) is 9.84. The van der Waals surface area contributed by atoms with E-state index in [2.05, 4.69) is 25.1 Å². The van der Waals surface area contributed by atoms with Crippen LogP contribution in [0.3, 0.4) is 0 Å². The predicted molar refractivity (Wildman–Crippen MR) is 52.9 cm³/mol. The highest BCUT2D eigenvalue weighted by atomic mass is 16.1. The largest absolute Gasteiger partial charge is 0.342 e. The maximum atomic E-state index is 11.0. The summed E-state index contributed by atoms with van der Waals surface area (Å²) in [5, 5.41) is 2.89. The molecule has 1 N–H and O–H groups in total. The van der Waals surface area contributed by atoms with E-state index in [1.807, 2.05) is 0 Å². The van der Waals surface area contributed by atoms with Gasteiger partial charge in [0.25, 0.3) is 5.91 Å². The maximum Gasteiger partial charge on any atom is 0.295 e. The molecule has 0 aromatic rings. The van der Waals surface area contributed by atoms with Crippen LogP contribution >= 0.6 is 0 Å². The predicted octanol–water partition coefficient (Wildman–Crippen LogP) is 1.56. The van der Waals surface area contributed by atoms with Crippen LogP contribution in [0.1, 0.15) is 33.1 Å². The lowest BCUT2D eigenvalue weighted by Gasteiger charge is -2.34. The van der Waals surface area contributed by atoms with Crippen molar-refractivity contribution in [1.29, 1.82) is 0 Å². The van der Waals surface area contributed by atoms with Crippen molar-refractivity contribution in [3.05, 3.63) is 0 Å². The normalized spacial score (nSPS) is 33.5. The van der Waals surface area contributed by atoms with Crippen LogP contribution in [0.4, 0.5) is 0 Å². The molecule has 1 saturated carbocycles. The van der Waals surface area contributed by atoms with E-state index in [4.69, 9.17) is 6.42 Å². The number of rotatable bonds is 1. The first-order valence-electron chi connectivity index (χ1n) is 4.92. The van der Waals surface area contributed by atoms with E-state index in [1.54, 1.807) is 0 Å². The van der Waals surface area contributed by atoms with Crippen LogP contribution in [0.5, 0.6) is 0 Å². The molecular weight excluding hydrogens is 162 g/mol. The van der Waals surface area contributed by atoms with E-state index in [9.17, 15) is 4.79 Å². The van der Waals surface area contributed by atoms with Crippen LogP contribution in [-0.4, -0.2) is 11.9 Å². The van der Waals surface area contributed by atoms with Crippen molar-refractivity contribution in [1.82, 2.24) is 5.32 Å². The van der Waals surface area contributed by atoms with Crippen molar-refractivity contribution >= 4 is 5.91 Å². The zero-order valence-electron chi connectivity index (χ0n) is 8.34. The molecule has 0 aliphatic heterocycles. The highest BCUT2D eigenvalue weighted by Crippen LogP contribution is 2.28. The van der Waals surface area contributed by atoms with Gasteiger partial charge in [-0.15, -0.1) is 6.42 Å². The summed E-state index contributed by atoms with van der Waals surface area (Å²) in [4.78, 5) is 11.0. The first kappa shape index (κ1) is 10.1. The Morgan fingerprint density at radius 3 is 2.38 bits per heavy atom. The Kier molecular flexibility index (Phi) is 3.36. The molecule has 0 aromatic carbocycles. The molecule has 2 heteroatoms. The van der Waals surface area contributed by atoms with Gasteiger partial charge in [0.05, 0.1) is 0 Å². The topological polar surface area (TPSA) is 29.1 Å². The molecule has 2 unspecified atom stereocenters. The Labute approximate surface area is 80.1 Å². The number of nitrogens with one attached hydrogen (secondary N) is 1. The molecule has 1 aliphatic carbocycles. The average Bonchev–Trinajstić information content (AvgIpc) is 2.11. The van der Waals surface area contributed by atoms with Crippen molar-refractivity contribution < 1.29 is 4.79 Å². The fourth-order valence-corrected chi connectivity index (χ4v) is 2.16. The van der Waals surface area contributed by atoms with Crippen molar-refractivity contribution in [3.63, 3.8) is 0 Å². The summed E-state index contributed by atoms with van der Waals surface area (Å²) in [7, 11) is 0. The summed E-state index contributed by atoms with van der Waals surface area (Å²) in [5.41, 5.74) is 0. The number of amides is 1. The van der Waals surface area contributed by atoms with E-state index in [1.165, 1.54) is 19.3 Å². The van der Waals surface area contributed by atoms with Gasteiger partial charge in [0.2, 0.25) is 0 Å². The van der Waals surface area contributed by atoms with E-state index in [0.29, 0.717) is 11.8 Å². The van der Waals surface area contributed by atoms with Gasteiger partial charge in [0.1, 0.15) is 0 Å². The molecule has 1 amide bonds. The van der Waals surface area contributed by atoms with Crippen LogP contribution in [0, 0.1) is 24.2 Å². The minimum Gasteiger partial charge on any atom is -0.342 e. The first-order chi connectivity index (χ1) is 6.15. The molecular formula is C11H17NO. The lowest BCUT2D eigenvalue weighted by molar-refractivity contribution is -0.117. The van der Waals surface area contributed by atoms with Crippen molar-refractivity contribution in [2.75, 3.05) is 0 Å². The summed E-state index contributed by atoms with van der Waals surface area (Å²) < 4.78 is 0. The highest BCUT2D eigenvalue weighted by Gasteiger charge is 2.28. The Hall–Kier alpha value is -0.970. The van der Waals surface area contributed by atoms with Crippen molar-refractivity contribution in [2.45, 2.75) is 39.2 Å². The number of hydrogen-bond acceptors (Lipinski definition) is 1. The lowest BCUT2D eigenvalue weighted by Crippen LogP contribution is -2.45. The molecule has 0 saturated heterocycles. The standard InChI is InChI=1S/C11H17NO/c1-4-10(13)12-11-8(2)6-5-7-9(11)3/h1,8-9,11H,5-7H2,2-3H3,(H,12,13). The van der Waals surface area contributed by atoms with E-state index in [-0.39, 0.29) is 11.9 Å². The first-order valence-corrected chi connectivity index (χ1v) is 4.92. The van der Waals surface area contributed by atoms with Gasteiger partial charge < -0.3 is 5.32 Å². The van der Waals surface area contributed by atoms with Gasteiger partial charge in [0.15, 0.2) is 0 Å².